The van der Waals surface area contributed by atoms with Gasteiger partial charge in [-0.15, -0.1) is 0 Å². The van der Waals surface area contributed by atoms with Crippen molar-refractivity contribution in [3.63, 3.8) is 0 Å². The van der Waals surface area contributed by atoms with E-state index < -0.39 is 0 Å². The van der Waals surface area contributed by atoms with Gasteiger partial charge in [-0.3, -0.25) is 9.59 Å². The van der Waals surface area contributed by atoms with Crippen LogP contribution in [0.1, 0.15) is 56.1 Å². The molecule has 0 bridgehead atoms. The second-order valence-corrected chi connectivity index (χ2v) is 7.44. The van der Waals surface area contributed by atoms with Crippen LogP contribution in [0.3, 0.4) is 0 Å². The zero-order chi connectivity index (χ0) is 20.6. The molecule has 0 aliphatic rings. The Labute approximate surface area is 175 Å². The molecule has 0 heterocycles. The van der Waals surface area contributed by atoms with Gasteiger partial charge in [0.1, 0.15) is 0 Å². The quantitative estimate of drug-likeness (QED) is 0.466. The maximum absolute atomic E-state index is 11.8. The van der Waals surface area contributed by atoms with Crippen LogP contribution in [0.15, 0.2) is 60.7 Å². The Morgan fingerprint density at radius 3 is 1.34 bits per heavy atom. The van der Waals surface area contributed by atoms with Crippen molar-refractivity contribution in [3.8, 4) is 0 Å². The summed E-state index contributed by atoms with van der Waals surface area (Å²) in [5.74, 6) is 0.263. The molecule has 4 nitrogen and oxygen atoms in total. The van der Waals surface area contributed by atoms with Gasteiger partial charge in [0.25, 0.3) is 0 Å². The molecule has 2 rings (SSSR count). The Morgan fingerprint density at radius 2 is 0.931 bits per heavy atom. The van der Waals surface area contributed by atoms with E-state index >= 15 is 0 Å². The summed E-state index contributed by atoms with van der Waals surface area (Å²) in [5, 5.41) is 6.00. The van der Waals surface area contributed by atoms with Crippen LogP contribution in [-0.4, -0.2) is 24.9 Å². The van der Waals surface area contributed by atoms with E-state index in [-0.39, 0.29) is 11.8 Å². The van der Waals surface area contributed by atoms with E-state index in [2.05, 4.69) is 34.9 Å². The second-order valence-electron chi connectivity index (χ2n) is 7.44. The van der Waals surface area contributed by atoms with E-state index in [1.807, 2.05) is 36.4 Å². The van der Waals surface area contributed by atoms with Crippen molar-refractivity contribution in [2.24, 2.45) is 0 Å². The average molecular weight is 395 g/mol. The lowest BCUT2D eigenvalue weighted by atomic mass is 10.1. The molecule has 2 aromatic rings. The number of unbranched alkanes of at least 4 members (excludes halogenated alkanes) is 4. The van der Waals surface area contributed by atoms with E-state index in [1.165, 1.54) is 11.1 Å². The van der Waals surface area contributed by atoms with Crippen molar-refractivity contribution in [2.45, 2.75) is 57.8 Å². The minimum Gasteiger partial charge on any atom is -0.356 e. The predicted octanol–water partition coefficient (Wildman–Crippen LogP) is 4.43. The number of benzene rings is 2. The third-order valence-electron chi connectivity index (χ3n) is 4.97. The molecular formula is C25H34N2O2. The highest BCUT2D eigenvalue weighted by atomic mass is 16.2. The minimum absolute atomic E-state index is 0.132. The monoisotopic (exact) mass is 394 g/mol. The van der Waals surface area contributed by atoms with Crippen molar-refractivity contribution >= 4 is 11.8 Å². The highest BCUT2D eigenvalue weighted by molar-refractivity contribution is 5.76. The number of carbonyl (C=O) groups excluding carboxylic acids is 2. The lowest BCUT2D eigenvalue weighted by Crippen LogP contribution is -2.25. The van der Waals surface area contributed by atoms with Crippen LogP contribution in [0.5, 0.6) is 0 Å². The van der Waals surface area contributed by atoms with Gasteiger partial charge in [0, 0.05) is 25.9 Å². The SMILES string of the molecule is O=C(CCc1ccccc1)NCCCCCCCNC(=O)CCc1ccccc1. The molecule has 0 fully saturated rings. The molecule has 0 saturated carbocycles. The summed E-state index contributed by atoms with van der Waals surface area (Å²) in [6.07, 6.45) is 8.08. The molecule has 2 aromatic carbocycles. The summed E-state index contributed by atoms with van der Waals surface area (Å²) >= 11 is 0. The fourth-order valence-electron chi connectivity index (χ4n) is 3.22. The lowest BCUT2D eigenvalue weighted by Gasteiger charge is -2.07. The van der Waals surface area contributed by atoms with Crippen LogP contribution in [0, 0.1) is 0 Å². The van der Waals surface area contributed by atoms with Crippen molar-refractivity contribution in [1.82, 2.24) is 10.6 Å². The summed E-state index contributed by atoms with van der Waals surface area (Å²) in [6, 6.07) is 20.2. The number of aryl methyl sites for hydroxylation is 2. The van der Waals surface area contributed by atoms with Gasteiger partial charge in [0.2, 0.25) is 11.8 Å². The summed E-state index contributed by atoms with van der Waals surface area (Å²) in [6.45, 7) is 1.51. The van der Waals surface area contributed by atoms with Crippen LogP contribution in [0.4, 0.5) is 0 Å². The van der Waals surface area contributed by atoms with Gasteiger partial charge >= 0.3 is 0 Å². The number of hydrogen-bond acceptors (Lipinski definition) is 2. The number of carbonyl (C=O) groups is 2. The van der Waals surface area contributed by atoms with E-state index in [0.717, 1.165) is 58.0 Å². The van der Waals surface area contributed by atoms with Crippen molar-refractivity contribution in [3.05, 3.63) is 71.8 Å². The molecule has 0 spiro atoms. The summed E-state index contributed by atoms with van der Waals surface area (Å²) in [7, 11) is 0. The Balaban J connectivity index is 1.36. The lowest BCUT2D eigenvalue weighted by molar-refractivity contribution is -0.121. The zero-order valence-corrected chi connectivity index (χ0v) is 17.4. The fourth-order valence-corrected chi connectivity index (χ4v) is 3.22. The van der Waals surface area contributed by atoms with Gasteiger partial charge in [-0.05, 0) is 36.8 Å². The number of amides is 2. The Hall–Kier alpha value is -2.62. The van der Waals surface area contributed by atoms with Gasteiger partial charge < -0.3 is 10.6 Å². The maximum Gasteiger partial charge on any atom is 0.220 e. The third kappa shape index (κ3) is 11.1. The molecule has 156 valence electrons. The third-order valence-corrected chi connectivity index (χ3v) is 4.97. The van der Waals surface area contributed by atoms with Gasteiger partial charge in [-0.25, -0.2) is 0 Å². The topological polar surface area (TPSA) is 58.2 Å². The first-order chi connectivity index (χ1) is 14.2. The highest BCUT2D eigenvalue weighted by Crippen LogP contribution is 2.05. The predicted molar refractivity (Wildman–Crippen MR) is 119 cm³/mol. The molecule has 0 aliphatic heterocycles. The summed E-state index contributed by atoms with van der Waals surface area (Å²) < 4.78 is 0. The van der Waals surface area contributed by atoms with Crippen LogP contribution in [0.25, 0.3) is 0 Å². The van der Waals surface area contributed by atoms with Crippen molar-refractivity contribution in [2.75, 3.05) is 13.1 Å². The van der Waals surface area contributed by atoms with Crippen LogP contribution < -0.4 is 10.6 Å². The standard InChI is InChI=1S/C25H34N2O2/c28-24(18-16-22-12-6-4-7-13-22)26-20-10-2-1-3-11-21-27-25(29)19-17-23-14-8-5-9-15-23/h4-9,12-15H,1-3,10-11,16-21H2,(H,26,28)(H,27,29). The largest absolute Gasteiger partial charge is 0.356 e. The number of rotatable bonds is 14. The average Bonchev–Trinajstić information content (AvgIpc) is 2.76. The van der Waals surface area contributed by atoms with Gasteiger partial charge in [-0.1, -0.05) is 79.9 Å². The summed E-state index contributed by atoms with van der Waals surface area (Å²) in [4.78, 5) is 23.7. The first kappa shape index (κ1) is 22.7. The Morgan fingerprint density at radius 1 is 0.552 bits per heavy atom. The Bertz CT molecular complexity index is 640. The first-order valence-corrected chi connectivity index (χ1v) is 10.9. The minimum atomic E-state index is 0.132. The van der Waals surface area contributed by atoms with E-state index in [1.54, 1.807) is 0 Å². The molecule has 29 heavy (non-hydrogen) atoms. The van der Waals surface area contributed by atoms with Gasteiger partial charge in [0.05, 0.1) is 0 Å². The molecule has 0 saturated heterocycles. The molecule has 4 heteroatoms. The van der Waals surface area contributed by atoms with Crippen molar-refractivity contribution in [1.29, 1.82) is 0 Å². The van der Waals surface area contributed by atoms with Gasteiger partial charge in [-0.2, -0.15) is 0 Å². The first-order valence-electron chi connectivity index (χ1n) is 10.9. The highest BCUT2D eigenvalue weighted by Gasteiger charge is 2.03. The summed E-state index contributed by atoms with van der Waals surface area (Å²) in [5.41, 5.74) is 2.41. The molecule has 0 atom stereocenters. The van der Waals surface area contributed by atoms with Gasteiger partial charge in [0.15, 0.2) is 0 Å². The van der Waals surface area contributed by atoms with E-state index in [9.17, 15) is 9.59 Å². The molecule has 2 amide bonds. The second kappa shape index (κ2) is 14.4. The van der Waals surface area contributed by atoms with Crippen LogP contribution >= 0.6 is 0 Å². The Kier molecular flexibility index (Phi) is 11.2. The fraction of sp³-hybridized carbons (Fsp3) is 0.440. The van der Waals surface area contributed by atoms with Crippen LogP contribution in [0.2, 0.25) is 0 Å². The molecule has 0 unspecified atom stereocenters. The molecule has 0 aromatic heterocycles. The number of nitrogens with one attached hydrogen (secondary N) is 2. The molecular weight excluding hydrogens is 360 g/mol. The normalized spacial score (nSPS) is 10.5. The molecule has 0 radical (unpaired) electrons. The smallest absolute Gasteiger partial charge is 0.220 e. The van der Waals surface area contributed by atoms with Crippen molar-refractivity contribution < 1.29 is 9.59 Å². The van der Waals surface area contributed by atoms with Crippen LogP contribution in [-0.2, 0) is 22.4 Å². The zero-order valence-electron chi connectivity index (χ0n) is 17.4. The van der Waals surface area contributed by atoms with E-state index in [0.29, 0.717) is 12.8 Å². The number of hydrogen-bond donors (Lipinski definition) is 2. The maximum atomic E-state index is 11.8. The van der Waals surface area contributed by atoms with E-state index in [4.69, 9.17) is 0 Å². The molecule has 0 aliphatic carbocycles. The molecule has 2 N–H and O–H groups in total.